The summed E-state index contributed by atoms with van der Waals surface area (Å²) in [5.74, 6) is 0.609. The van der Waals surface area contributed by atoms with Gasteiger partial charge in [0.1, 0.15) is 17.8 Å². The number of nitrogens with zero attached hydrogens (tertiary/aromatic N) is 3. The molecule has 0 aliphatic carbocycles. The van der Waals surface area contributed by atoms with Gasteiger partial charge in [0.05, 0.1) is 5.02 Å². The van der Waals surface area contributed by atoms with E-state index in [0.29, 0.717) is 17.3 Å². The first kappa shape index (κ1) is 12.5. The van der Waals surface area contributed by atoms with Gasteiger partial charge in [-0.2, -0.15) is 5.10 Å². The lowest BCUT2D eigenvalue weighted by molar-refractivity contribution is 0.0948. The Morgan fingerprint density at radius 3 is 2.94 bits per heavy atom. The highest BCUT2D eigenvalue weighted by atomic mass is 35.5. The van der Waals surface area contributed by atoms with Gasteiger partial charge in [-0.25, -0.2) is 9.97 Å². The fourth-order valence-electron chi connectivity index (χ4n) is 1.41. The average molecular weight is 266 g/mol. The number of carbonyl (C=O) groups is 1. The highest BCUT2D eigenvalue weighted by Crippen LogP contribution is 2.05. The number of aromatic nitrogens is 4. The van der Waals surface area contributed by atoms with Gasteiger partial charge in [-0.05, 0) is 18.6 Å². The maximum absolute atomic E-state index is 11.7. The van der Waals surface area contributed by atoms with Gasteiger partial charge in [0.15, 0.2) is 0 Å². The van der Waals surface area contributed by atoms with Gasteiger partial charge in [-0.15, -0.1) is 0 Å². The van der Waals surface area contributed by atoms with Gasteiger partial charge in [0.2, 0.25) is 0 Å². The van der Waals surface area contributed by atoms with E-state index in [9.17, 15) is 4.79 Å². The lowest BCUT2D eigenvalue weighted by Gasteiger charge is -2.03. The average Bonchev–Trinajstić information content (AvgIpc) is 2.88. The third kappa shape index (κ3) is 3.53. The van der Waals surface area contributed by atoms with Crippen LogP contribution in [0.25, 0.3) is 0 Å². The van der Waals surface area contributed by atoms with Crippen LogP contribution in [0.1, 0.15) is 22.7 Å². The van der Waals surface area contributed by atoms with Crippen LogP contribution in [0.4, 0.5) is 0 Å². The maximum Gasteiger partial charge on any atom is 0.269 e. The molecule has 0 radical (unpaired) electrons. The fourth-order valence-corrected chi connectivity index (χ4v) is 1.52. The molecule has 6 nitrogen and oxygen atoms in total. The van der Waals surface area contributed by atoms with Crippen LogP contribution in [0.2, 0.25) is 5.02 Å². The van der Waals surface area contributed by atoms with Crippen molar-refractivity contribution in [3.8, 4) is 0 Å². The topological polar surface area (TPSA) is 83.6 Å². The van der Waals surface area contributed by atoms with E-state index in [4.69, 9.17) is 11.6 Å². The Kier molecular flexibility index (Phi) is 4.25. The predicted octanol–water partition coefficient (Wildman–Crippen LogP) is 1.22. The number of aryl methyl sites for hydroxylation is 1. The SMILES string of the molecule is O=C(NCCCc1ncn[nH]1)c1ccc(Cl)cn1. The summed E-state index contributed by atoms with van der Waals surface area (Å²) < 4.78 is 0. The smallest absolute Gasteiger partial charge is 0.269 e. The van der Waals surface area contributed by atoms with Crippen molar-refractivity contribution in [2.24, 2.45) is 0 Å². The van der Waals surface area contributed by atoms with Crippen LogP contribution in [-0.4, -0.2) is 32.6 Å². The maximum atomic E-state index is 11.7. The summed E-state index contributed by atoms with van der Waals surface area (Å²) in [5, 5.41) is 9.79. The van der Waals surface area contributed by atoms with E-state index in [1.165, 1.54) is 12.5 Å². The summed E-state index contributed by atoms with van der Waals surface area (Å²) in [6.07, 6.45) is 4.44. The molecule has 2 aromatic heterocycles. The van der Waals surface area contributed by atoms with Crippen molar-refractivity contribution in [1.82, 2.24) is 25.5 Å². The normalized spacial score (nSPS) is 10.3. The number of hydrogen-bond donors (Lipinski definition) is 2. The van der Waals surface area contributed by atoms with E-state index in [0.717, 1.165) is 18.7 Å². The van der Waals surface area contributed by atoms with Crippen molar-refractivity contribution in [1.29, 1.82) is 0 Å². The molecule has 0 aliphatic heterocycles. The first-order chi connectivity index (χ1) is 8.75. The van der Waals surface area contributed by atoms with Crippen molar-refractivity contribution < 1.29 is 4.79 Å². The van der Waals surface area contributed by atoms with Gasteiger partial charge in [-0.3, -0.25) is 9.89 Å². The third-order valence-electron chi connectivity index (χ3n) is 2.30. The first-order valence-electron chi connectivity index (χ1n) is 5.49. The van der Waals surface area contributed by atoms with Gasteiger partial charge < -0.3 is 5.32 Å². The molecule has 2 rings (SSSR count). The van der Waals surface area contributed by atoms with Gasteiger partial charge >= 0.3 is 0 Å². The van der Waals surface area contributed by atoms with Crippen molar-refractivity contribution in [3.05, 3.63) is 41.2 Å². The van der Waals surface area contributed by atoms with Gasteiger partial charge in [-0.1, -0.05) is 11.6 Å². The number of carbonyl (C=O) groups excluding carboxylic acids is 1. The molecule has 0 bridgehead atoms. The van der Waals surface area contributed by atoms with Crippen molar-refractivity contribution >= 4 is 17.5 Å². The molecule has 94 valence electrons. The molecule has 2 N–H and O–H groups in total. The Morgan fingerprint density at radius 1 is 1.39 bits per heavy atom. The fraction of sp³-hybridized carbons (Fsp3) is 0.273. The number of H-pyrrole nitrogens is 1. The number of pyridine rings is 1. The zero-order chi connectivity index (χ0) is 12.8. The Bertz CT molecular complexity index is 497. The molecule has 0 atom stereocenters. The van der Waals surface area contributed by atoms with Crippen LogP contribution in [0.5, 0.6) is 0 Å². The zero-order valence-electron chi connectivity index (χ0n) is 9.56. The molecule has 1 amide bonds. The summed E-state index contributed by atoms with van der Waals surface area (Å²) in [4.78, 5) is 19.6. The first-order valence-corrected chi connectivity index (χ1v) is 5.87. The van der Waals surface area contributed by atoms with E-state index in [-0.39, 0.29) is 5.91 Å². The molecule has 0 saturated carbocycles. The van der Waals surface area contributed by atoms with E-state index < -0.39 is 0 Å². The minimum atomic E-state index is -0.204. The number of aromatic amines is 1. The highest BCUT2D eigenvalue weighted by molar-refractivity contribution is 6.30. The number of halogens is 1. The Morgan fingerprint density at radius 2 is 2.28 bits per heavy atom. The van der Waals surface area contributed by atoms with Crippen molar-refractivity contribution in [2.75, 3.05) is 6.54 Å². The van der Waals surface area contributed by atoms with Crippen molar-refractivity contribution in [2.45, 2.75) is 12.8 Å². The molecular formula is C11H12ClN5O. The molecule has 2 heterocycles. The predicted molar refractivity (Wildman–Crippen MR) is 66.3 cm³/mol. The monoisotopic (exact) mass is 265 g/mol. The molecule has 7 heteroatoms. The number of rotatable bonds is 5. The van der Waals surface area contributed by atoms with E-state index in [1.807, 2.05) is 0 Å². The molecule has 0 fully saturated rings. The van der Waals surface area contributed by atoms with Gasteiger partial charge in [0, 0.05) is 19.2 Å². The number of hydrogen-bond acceptors (Lipinski definition) is 4. The van der Waals surface area contributed by atoms with E-state index in [1.54, 1.807) is 12.1 Å². The van der Waals surface area contributed by atoms with E-state index >= 15 is 0 Å². The number of nitrogens with one attached hydrogen (secondary N) is 2. The zero-order valence-corrected chi connectivity index (χ0v) is 10.3. The standard InChI is InChI=1S/C11H12ClN5O/c12-8-3-4-9(14-6-8)11(18)13-5-1-2-10-15-7-16-17-10/h3-4,6-7H,1-2,5H2,(H,13,18)(H,15,16,17). The largest absolute Gasteiger partial charge is 0.351 e. The quantitative estimate of drug-likeness (QED) is 0.796. The van der Waals surface area contributed by atoms with Gasteiger partial charge in [0.25, 0.3) is 5.91 Å². The molecular weight excluding hydrogens is 254 g/mol. The second-order valence-corrected chi connectivity index (χ2v) is 4.09. The summed E-state index contributed by atoms with van der Waals surface area (Å²) in [5.41, 5.74) is 0.360. The molecule has 0 aliphatic rings. The minimum Gasteiger partial charge on any atom is -0.351 e. The minimum absolute atomic E-state index is 0.204. The summed E-state index contributed by atoms with van der Waals surface area (Å²) in [7, 11) is 0. The van der Waals surface area contributed by atoms with Crippen LogP contribution in [0.3, 0.4) is 0 Å². The summed E-state index contributed by atoms with van der Waals surface area (Å²) >= 11 is 5.69. The Labute approximate surface area is 109 Å². The lowest BCUT2D eigenvalue weighted by atomic mass is 10.3. The molecule has 0 aromatic carbocycles. The van der Waals surface area contributed by atoms with Crippen LogP contribution in [0, 0.1) is 0 Å². The Hall–Kier alpha value is -1.95. The lowest BCUT2D eigenvalue weighted by Crippen LogP contribution is -2.25. The van der Waals surface area contributed by atoms with Crippen LogP contribution >= 0.6 is 11.6 Å². The van der Waals surface area contributed by atoms with Crippen LogP contribution in [0.15, 0.2) is 24.7 Å². The van der Waals surface area contributed by atoms with Crippen LogP contribution in [-0.2, 0) is 6.42 Å². The van der Waals surface area contributed by atoms with E-state index in [2.05, 4.69) is 25.5 Å². The molecule has 0 unspecified atom stereocenters. The second kappa shape index (κ2) is 6.11. The number of amides is 1. The highest BCUT2D eigenvalue weighted by Gasteiger charge is 2.05. The molecule has 0 spiro atoms. The summed E-state index contributed by atoms with van der Waals surface area (Å²) in [6, 6.07) is 3.23. The van der Waals surface area contributed by atoms with Crippen molar-refractivity contribution in [3.63, 3.8) is 0 Å². The molecule has 18 heavy (non-hydrogen) atoms. The molecule has 2 aromatic rings. The summed E-state index contributed by atoms with van der Waals surface area (Å²) in [6.45, 7) is 0.559. The molecule has 0 saturated heterocycles. The Balaban J connectivity index is 1.73. The van der Waals surface area contributed by atoms with Crippen LogP contribution < -0.4 is 5.32 Å². The second-order valence-electron chi connectivity index (χ2n) is 3.65. The third-order valence-corrected chi connectivity index (χ3v) is 2.52.